The Kier molecular flexibility index (Phi) is 7.68. The number of ether oxygens (including phenoxy) is 2. The summed E-state index contributed by atoms with van der Waals surface area (Å²) < 4.78 is 38.5. The lowest BCUT2D eigenvalue weighted by Crippen LogP contribution is -2.41. The van der Waals surface area contributed by atoms with E-state index < -0.39 is 15.9 Å². The van der Waals surface area contributed by atoms with Crippen molar-refractivity contribution in [1.29, 1.82) is 0 Å². The van der Waals surface area contributed by atoms with Crippen LogP contribution in [0.4, 0.5) is 5.69 Å². The minimum Gasteiger partial charge on any atom is -0.495 e. The van der Waals surface area contributed by atoms with Crippen LogP contribution >= 0.6 is 11.6 Å². The number of anilines is 1. The van der Waals surface area contributed by atoms with Crippen molar-refractivity contribution in [3.05, 3.63) is 53.1 Å². The molecular weight excluding hydrogens is 430 g/mol. The first-order valence-electron chi connectivity index (χ1n) is 9.44. The minimum absolute atomic E-state index is 0.0340. The van der Waals surface area contributed by atoms with Gasteiger partial charge in [0, 0.05) is 36.8 Å². The Morgan fingerprint density at radius 3 is 2.67 bits per heavy atom. The molecule has 1 fully saturated rings. The smallest absolute Gasteiger partial charge is 0.255 e. The maximum atomic E-state index is 12.7. The van der Waals surface area contributed by atoms with Crippen molar-refractivity contribution in [2.24, 2.45) is 0 Å². The zero-order chi connectivity index (χ0) is 21.6. The molecular formula is C20H24ClN3O5S. The molecule has 2 aromatic carbocycles. The van der Waals surface area contributed by atoms with Gasteiger partial charge >= 0.3 is 0 Å². The molecule has 10 heteroatoms. The molecule has 0 aliphatic carbocycles. The summed E-state index contributed by atoms with van der Waals surface area (Å²) in [5, 5.41) is 3.11. The van der Waals surface area contributed by atoms with Gasteiger partial charge < -0.3 is 14.8 Å². The number of amides is 1. The van der Waals surface area contributed by atoms with Crippen LogP contribution in [0.5, 0.6) is 5.75 Å². The third-order valence-corrected chi connectivity index (χ3v) is 6.33. The normalized spacial score (nSPS) is 15.0. The number of hydrogen-bond donors (Lipinski definition) is 2. The second-order valence-electron chi connectivity index (χ2n) is 6.68. The zero-order valence-corrected chi connectivity index (χ0v) is 18.1. The molecule has 1 aliphatic rings. The number of carbonyl (C=O) groups excluding carboxylic acids is 1. The predicted molar refractivity (Wildman–Crippen MR) is 115 cm³/mol. The summed E-state index contributed by atoms with van der Waals surface area (Å²) in [6.45, 7) is 3.74. The fourth-order valence-electron chi connectivity index (χ4n) is 3.02. The Morgan fingerprint density at radius 1 is 1.20 bits per heavy atom. The van der Waals surface area contributed by atoms with Crippen LogP contribution in [-0.2, 0) is 14.8 Å². The van der Waals surface area contributed by atoms with Gasteiger partial charge in [0.25, 0.3) is 5.91 Å². The molecule has 162 valence electrons. The van der Waals surface area contributed by atoms with Gasteiger partial charge in [0.05, 0.1) is 30.9 Å². The molecule has 0 aromatic heterocycles. The minimum atomic E-state index is -3.75. The number of rotatable bonds is 8. The lowest BCUT2D eigenvalue weighted by molar-refractivity contribution is 0.0390. The molecule has 0 bridgehead atoms. The van der Waals surface area contributed by atoms with Crippen molar-refractivity contribution in [3.63, 3.8) is 0 Å². The molecule has 0 saturated carbocycles. The monoisotopic (exact) mass is 453 g/mol. The Balaban J connectivity index is 1.71. The van der Waals surface area contributed by atoms with Crippen molar-refractivity contribution >= 4 is 33.2 Å². The SMILES string of the molecule is COc1ccc(S(=O)(=O)NCCN2CCOCC2)cc1NC(=O)c1cccc(Cl)c1. The predicted octanol–water partition coefficient (Wildman–Crippen LogP) is 2.21. The number of methoxy groups -OCH3 is 1. The largest absolute Gasteiger partial charge is 0.495 e. The Morgan fingerprint density at radius 2 is 1.97 bits per heavy atom. The fraction of sp³-hybridized carbons (Fsp3) is 0.350. The maximum absolute atomic E-state index is 12.7. The third kappa shape index (κ3) is 5.93. The lowest BCUT2D eigenvalue weighted by Gasteiger charge is -2.26. The van der Waals surface area contributed by atoms with Gasteiger partial charge in [0.15, 0.2) is 0 Å². The standard InChI is InChI=1S/C20H24ClN3O5S/c1-28-19-6-5-17(30(26,27)22-7-8-24-9-11-29-12-10-24)14-18(19)23-20(25)15-3-2-4-16(21)13-15/h2-6,13-14,22H,7-12H2,1H3,(H,23,25). The van der Waals surface area contributed by atoms with E-state index in [-0.39, 0.29) is 17.1 Å². The molecule has 1 saturated heterocycles. The Bertz CT molecular complexity index is 994. The van der Waals surface area contributed by atoms with E-state index in [0.29, 0.717) is 36.1 Å². The number of benzene rings is 2. The molecule has 0 atom stereocenters. The number of carbonyl (C=O) groups is 1. The van der Waals surface area contributed by atoms with Gasteiger partial charge in [0.1, 0.15) is 5.75 Å². The Labute approximate surface area is 181 Å². The molecule has 0 spiro atoms. The summed E-state index contributed by atoms with van der Waals surface area (Å²) in [6.07, 6.45) is 0. The molecule has 1 amide bonds. The summed E-state index contributed by atoms with van der Waals surface area (Å²) in [5.41, 5.74) is 0.597. The van der Waals surface area contributed by atoms with Crippen LogP contribution in [0, 0.1) is 0 Å². The van der Waals surface area contributed by atoms with E-state index in [0.717, 1.165) is 13.1 Å². The van der Waals surface area contributed by atoms with Gasteiger partial charge in [-0.3, -0.25) is 9.69 Å². The van der Waals surface area contributed by atoms with Crippen molar-refractivity contribution in [2.45, 2.75) is 4.90 Å². The third-order valence-electron chi connectivity index (χ3n) is 4.64. The van der Waals surface area contributed by atoms with Gasteiger partial charge in [-0.2, -0.15) is 0 Å². The van der Waals surface area contributed by atoms with Crippen molar-refractivity contribution in [1.82, 2.24) is 9.62 Å². The second kappa shape index (κ2) is 10.2. The van der Waals surface area contributed by atoms with Crippen LogP contribution in [0.3, 0.4) is 0 Å². The second-order valence-corrected chi connectivity index (χ2v) is 8.88. The highest BCUT2D eigenvalue weighted by Gasteiger charge is 2.19. The lowest BCUT2D eigenvalue weighted by atomic mass is 10.2. The topological polar surface area (TPSA) is 97.0 Å². The molecule has 2 N–H and O–H groups in total. The van der Waals surface area contributed by atoms with Crippen molar-refractivity contribution in [3.8, 4) is 5.75 Å². The van der Waals surface area contributed by atoms with Gasteiger partial charge in [0.2, 0.25) is 10.0 Å². The Hall–Kier alpha value is -2.17. The van der Waals surface area contributed by atoms with Gasteiger partial charge in [-0.15, -0.1) is 0 Å². The summed E-state index contributed by atoms with van der Waals surface area (Å²) >= 11 is 5.94. The van der Waals surface area contributed by atoms with Crippen molar-refractivity contribution < 1.29 is 22.7 Å². The van der Waals surface area contributed by atoms with E-state index in [1.807, 2.05) is 0 Å². The average molecular weight is 454 g/mol. The van der Waals surface area contributed by atoms with E-state index in [1.54, 1.807) is 18.2 Å². The van der Waals surface area contributed by atoms with E-state index in [1.165, 1.54) is 31.4 Å². The first-order valence-corrected chi connectivity index (χ1v) is 11.3. The highest BCUT2D eigenvalue weighted by atomic mass is 35.5. The van der Waals surface area contributed by atoms with Crippen LogP contribution in [0.1, 0.15) is 10.4 Å². The maximum Gasteiger partial charge on any atom is 0.255 e. The molecule has 8 nitrogen and oxygen atoms in total. The van der Waals surface area contributed by atoms with E-state index in [9.17, 15) is 13.2 Å². The van der Waals surface area contributed by atoms with Crippen molar-refractivity contribution in [2.75, 3.05) is 51.8 Å². The van der Waals surface area contributed by atoms with Crippen LogP contribution in [-0.4, -0.2) is 65.7 Å². The molecule has 0 radical (unpaired) electrons. The van der Waals surface area contributed by atoms with Crippen LogP contribution < -0.4 is 14.8 Å². The number of halogens is 1. The van der Waals surface area contributed by atoms with E-state index in [2.05, 4.69) is 14.9 Å². The number of nitrogens with zero attached hydrogens (tertiary/aromatic N) is 1. The molecule has 2 aromatic rings. The van der Waals surface area contributed by atoms with Gasteiger partial charge in [-0.05, 0) is 36.4 Å². The number of morpholine rings is 1. The average Bonchev–Trinajstić information content (AvgIpc) is 2.74. The molecule has 0 unspecified atom stereocenters. The zero-order valence-electron chi connectivity index (χ0n) is 16.6. The van der Waals surface area contributed by atoms with Gasteiger partial charge in [-0.1, -0.05) is 17.7 Å². The number of sulfonamides is 1. The first kappa shape index (κ1) is 22.5. The summed E-state index contributed by atoms with van der Waals surface area (Å²) in [5.74, 6) is -0.0803. The summed E-state index contributed by atoms with van der Waals surface area (Å²) in [4.78, 5) is 14.7. The van der Waals surface area contributed by atoms with E-state index >= 15 is 0 Å². The summed E-state index contributed by atoms with van der Waals surface area (Å²) in [7, 11) is -2.31. The molecule has 1 heterocycles. The van der Waals surface area contributed by atoms with Gasteiger partial charge in [-0.25, -0.2) is 13.1 Å². The molecule has 30 heavy (non-hydrogen) atoms. The first-order chi connectivity index (χ1) is 14.4. The highest BCUT2D eigenvalue weighted by Crippen LogP contribution is 2.28. The van der Waals surface area contributed by atoms with Crippen LogP contribution in [0.2, 0.25) is 5.02 Å². The summed E-state index contributed by atoms with van der Waals surface area (Å²) in [6, 6.07) is 10.8. The highest BCUT2D eigenvalue weighted by molar-refractivity contribution is 7.89. The number of nitrogens with one attached hydrogen (secondary N) is 2. The van der Waals surface area contributed by atoms with E-state index in [4.69, 9.17) is 21.1 Å². The van der Waals surface area contributed by atoms with Crippen LogP contribution in [0.15, 0.2) is 47.4 Å². The molecule has 3 rings (SSSR count). The number of hydrogen-bond acceptors (Lipinski definition) is 6. The van der Waals surface area contributed by atoms with Crippen LogP contribution in [0.25, 0.3) is 0 Å². The molecule has 1 aliphatic heterocycles. The quantitative estimate of drug-likeness (QED) is 0.636. The fourth-order valence-corrected chi connectivity index (χ4v) is 4.26.